The van der Waals surface area contributed by atoms with Gasteiger partial charge in [0.25, 0.3) is 0 Å². The molecule has 0 amide bonds. The molecule has 4 nitrogen and oxygen atoms in total. The van der Waals surface area contributed by atoms with Crippen LogP contribution in [0.2, 0.25) is 0 Å². The molecule has 0 aliphatic rings. The number of nitrogens with zero attached hydrogens (tertiary/aromatic N) is 4. The van der Waals surface area contributed by atoms with Crippen LogP contribution in [0.4, 0.5) is 0 Å². The van der Waals surface area contributed by atoms with E-state index in [-0.39, 0.29) is 0 Å². The second-order valence-electron chi connectivity index (χ2n) is 5.43. The van der Waals surface area contributed by atoms with Crippen molar-refractivity contribution in [2.24, 2.45) is 0 Å². The van der Waals surface area contributed by atoms with Crippen LogP contribution in [0.25, 0.3) is 16.2 Å². The van der Waals surface area contributed by atoms with E-state index in [1.54, 1.807) is 15.9 Å². The molecule has 0 bridgehead atoms. The lowest BCUT2D eigenvalue weighted by Crippen LogP contribution is -1.97. The van der Waals surface area contributed by atoms with Crippen LogP contribution in [-0.2, 0) is 0 Å². The van der Waals surface area contributed by atoms with Gasteiger partial charge in [0.15, 0.2) is 5.69 Å². The average molecular weight is 310 g/mol. The van der Waals surface area contributed by atoms with E-state index in [4.69, 9.17) is 0 Å². The van der Waals surface area contributed by atoms with Gasteiger partial charge in [0.05, 0.1) is 0 Å². The number of hydrogen-bond acceptors (Lipinski definition) is 4. The van der Waals surface area contributed by atoms with Crippen molar-refractivity contribution in [1.29, 1.82) is 5.26 Å². The third kappa shape index (κ3) is 2.40. The summed E-state index contributed by atoms with van der Waals surface area (Å²) in [7, 11) is 0. The van der Waals surface area contributed by atoms with E-state index >= 15 is 0 Å². The molecule has 0 saturated heterocycles. The van der Waals surface area contributed by atoms with Crippen molar-refractivity contribution in [3.63, 3.8) is 0 Å². The Morgan fingerprint density at radius 2 is 1.91 bits per heavy atom. The zero-order valence-electron chi connectivity index (χ0n) is 13.0. The summed E-state index contributed by atoms with van der Waals surface area (Å²) in [4.78, 5) is 5.45. The Kier molecular flexibility index (Phi) is 3.95. The zero-order chi connectivity index (χ0) is 15.7. The summed E-state index contributed by atoms with van der Waals surface area (Å²) in [5.74, 6) is 0.445. The number of hydrogen-bond donors (Lipinski definition) is 0. The smallest absolute Gasteiger partial charge is 0.214 e. The van der Waals surface area contributed by atoms with E-state index in [2.05, 4.69) is 30.0 Å². The van der Waals surface area contributed by atoms with Gasteiger partial charge in [0.2, 0.25) is 4.96 Å². The molecule has 22 heavy (non-hydrogen) atoms. The maximum atomic E-state index is 9.54. The summed E-state index contributed by atoms with van der Waals surface area (Å²) >= 11 is 1.59. The molecule has 1 aromatic carbocycles. The molecule has 0 aliphatic carbocycles. The molecule has 2 heterocycles. The van der Waals surface area contributed by atoms with Crippen molar-refractivity contribution in [3.8, 4) is 17.3 Å². The lowest BCUT2D eigenvalue weighted by molar-refractivity contribution is 0.625. The van der Waals surface area contributed by atoms with Crippen LogP contribution in [0.1, 0.15) is 48.9 Å². The second kappa shape index (κ2) is 5.90. The summed E-state index contributed by atoms with van der Waals surface area (Å²) in [6, 6.07) is 10.3. The van der Waals surface area contributed by atoms with Crippen molar-refractivity contribution in [3.05, 3.63) is 40.5 Å². The highest BCUT2D eigenvalue weighted by atomic mass is 32.1. The summed E-state index contributed by atoms with van der Waals surface area (Å²) in [5.41, 5.74) is 3.39. The van der Waals surface area contributed by atoms with Gasteiger partial charge in [-0.1, -0.05) is 55.0 Å². The van der Waals surface area contributed by atoms with Crippen LogP contribution >= 0.6 is 11.3 Å². The number of rotatable bonds is 4. The van der Waals surface area contributed by atoms with E-state index < -0.39 is 0 Å². The molecule has 0 atom stereocenters. The highest BCUT2D eigenvalue weighted by Crippen LogP contribution is 2.31. The predicted octanol–water partition coefficient (Wildman–Crippen LogP) is 4.54. The van der Waals surface area contributed by atoms with E-state index in [9.17, 15) is 5.26 Å². The molecule has 3 rings (SSSR count). The minimum Gasteiger partial charge on any atom is -0.216 e. The van der Waals surface area contributed by atoms with Crippen molar-refractivity contribution >= 4 is 16.3 Å². The molecule has 0 unspecified atom stereocenters. The number of aromatic nitrogens is 3. The number of imidazole rings is 1. The molecule has 5 heteroatoms. The first-order valence-electron chi connectivity index (χ1n) is 7.54. The Bertz CT molecular complexity index is 832. The van der Waals surface area contributed by atoms with Crippen LogP contribution < -0.4 is 0 Å². The topological polar surface area (TPSA) is 54.0 Å². The Hall–Kier alpha value is -2.19. The van der Waals surface area contributed by atoms with Crippen molar-refractivity contribution in [2.45, 2.75) is 39.5 Å². The average Bonchev–Trinajstić information content (AvgIpc) is 3.06. The molecule has 0 saturated carbocycles. The van der Waals surface area contributed by atoms with Gasteiger partial charge in [-0.25, -0.2) is 4.98 Å². The van der Waals surface area contributed by atoms with Gasteiger partial charge in [-0.3, -0.25) is 0 Å². The van der Waals surface area contributed by atoms with Gasteiger partial charge in [-0.05, 0) is 19.8 Å². The zero-order valence-corrected chi connectivity index (χ0v) is 13.8. The fourth-order valence-corrected chi connectivity index (χ4v) is 3.74. The first kappa shape index (κ1) is 14.7. The van der Waals surface area contributed by atoms with E-state index in [1.807, 2.05) is 31.2 Å². The standard InChI is InChI=1S/C17H18N4S/c1-4-12(5-2)16-20-21-14(10-18)15(19-17(21)22-16)13-8-6-11(3)7-9-13/h6-9,12H,4-5H2,1-3H3. The predicted molar refractivity (Wildman–Crippen MR) is 89.1 cm³/mol. The first-order valence-corrected chi connectivity index (χ1v) is 8.36. The van der Waals surface area contributed by atoms with Crippen LogP contribution in [0.15, 0.2) is 24.3 Å². The quantitative estimate of drug-likeness (QED) is 0.710. The Morgan fingerprint density at radius 3 is 2.50 bits per heavy atom. The van der Waals surface area contributed by atoms with Crippen LogP contribution in [0.3, 0.4) is 0 Å². The number of fused-ring (bicyclic) bond motifs is 1. The maximum Gasteiger partial charge on any atom is 0.214 e. The highest BCUT2D eigenvalue weighted by Gasteiger charge is 2.20. The third-order valence-corrected chi connectivity index (χ3v) is 5.06. The molecule has 0 radical (unpaired) electrons. The molecule has 112 valence electrons. The van der Waals surface area contributed by atoms with Gasteiger partial charge in [-0.15, -0.1) is 0 Å². The Morgan fingerprint density at radius 1 is 1.23 bits per heavy atom. The second-order valence-corrected chi connectivity index (χ2v) is 6.42. The number of aryl methyl sites for hydroxylation is 1. The third-order valence-electron chi connectivity index (χ3n) is 3.98. The summed E-state index contributed by atoms with van der Waals surface area (Å²) in [5, 5.41) is 15.2. The van der Waals surface area contributed by atoms with E-state index in [1.165, 1.54) is 5.56 Å². The maximum absolute atomic E-state index is 9.54. The van der Waals surface area contributed by atoms with Gasteiger partial charge in [-0.2, -0.15) is 14.9 Å². The largest absolute Gasteiger partial charge is 0.216 e. The first-order chi connectivity index (χ1) is 10.7. The van der Waals surface area contributed by atoms with Gasteiger partial charge < -0.3 is 0 Å². The molecule has 0 fully saturated rings. The molecule has 0 spiro atoms. The number of nitriles is 1. The molecular formula is C17H18N4S. The normalized spacial score (nSPS) is 11.2. The van der Waals surface area contributed by atoms with Crippen molar-refractivity contribution in [2.75, 3.05) is 0 Å². The van der Waals surface area contributed by atoms with Crippen LogP contribution in [0.5, 0.6) is 0 Å². The number of benzene rings is 1. The van der Waals surface area contributed by atoms with Crippen molar-refractivity contribution in [1.82, 2.24) is 14.6 Å². The lowest BCUT2D eigenvalue weighted by atomic mass is 10.1. The summed E-state index contributed by atoms with van der Waals surface area (Å²) in [6.07, 6.45) is 2.11. The monoisotopic (exact) mass is 310 g/mol. The Balaban J connectivity index is 2.12. The van der Waals surface area contributed by atoms with Crippen molar-refractivity contribution < 1.29 is 0 Å². The molecule has 3 aromatic rings. The fraction of sp³-hybridized carbons (Fsp3) is 0.353. The summed E-state index contributed by atoms with van der Waals surface area (Å²) in [6.45, 7) is 6.38. The van der Waals surface area contributed by atoms with Gasteiger partial charge >= 0.3 is 0 Å². The van der Waals surface area contributed by atoms with E-state index in [0.29, 0.717) is 11.6 Å². The van der Waals surface area contributed by atoms with Gasteiger partial charge in [0.1, 0.15) is 16.8 Å². The minimum absolute atomic E-state index is 0.445. The molecule has 0 N–H and O–H groups in total. The molecule has 0 aliphatic heterocycles. The molecular weight excluding hydrogens is 292 g/mol. The molecule has 2 aromatic heterocycles. The SMILES string of the molecule is CCC(CC)c1nn2c(C#N)c(-c3ccc(C)cc3)nc2s1. The van der Waals surface area contributed by atoms with Crippen LogP contribution in [-0.4, -0.2) is 14.6 Å². The Labute approximate surface area is 134 Å². The van der Waals surface area contributed by atoms with Gasteiger partial charge in [0, 0.05) is 11.5 Å². The highest BCUT2D eigenvalue weighted by molar-refractivity contribution is 7.16. The minimum atomic E-state index is 0.445. The fourth-order valence-electron chi connectivity index (χ4n) is 2.58. The lowest BCUT2D eigenvalue weighted by Gasteiger charge is -2.06. The van der Waals surface area contributed by atoms with E-state index in [0.717, 1.165) is 34.1 Å². The summed E-state index contributed by atoms with van der Waals surface area (Å²) < 4.78 is 1.70. The van der Waals surface area contributed by atoms with Crippen LogP contribution in [0, 0.1) is 18.3 Å².